The summed E-state index contributed by atoms with van der Waals surface area (Å²) in [5.41, 5.74) is 1.10. The summed E-state index contributed by atoms with van der Waals surface area (Å²) in [4.78, 5) is 15.2. The number of aliphatic hydroxyl groups is 1. The van der Waals surface area contributed by atoms with Gasteiger partial charge in [0, 0.05) is 23.2 Å². The molecule has 1 fully saturated rings. The number of carbonyl (C=O) groups excluding carboxylic acids is 1. The molecule has 0 saturated carbocycles. The normalized spacial score (nSPS) is 20.0. The molecule has 0 spiro atoms. The van der Waals surface area contributed by atoms with Crippen LogP contribution in [0.3, 0.4) is 0 Å². The van der Waals surface area contributed by atoms with E-state index < -0.39 is 0 Å². The number of hydrogen-bond donors (Lipinski definition) is 2. The highest BCUT2D eigenvalue weighted by Crippen LogP contribution is 2.24. The first kappa shape index (κ1) is 17.2. The molecule has 1 aromatic carbocycles. The maximum atomic E-state index is 12.2. The summed E-state index contributed by atoms with van der Waals surface area (Å²) in [5.74, 6) is 0. The Morgan fingerprint density at radius 1 is 1.32 bits per heavy atom. The number of carbonyl (C=O) groups is 1. The lowest BCUT2D eigenvalue weighted by molar-refractivity contribution is 0.0835. The third-order valence-corrected chi connectivity index (χ3v) is 4.79. The van der Waals surface area contributed by atoms with Crippen LogP contribution in [-0.4, -0.2) is 40.5 Å². The lowest BCUT2D eigenvalue weighted by atomic mass is 10.1. The van der Waals surface area contributed by atoms with Crippen LogP contribution in [-0.2, 0) is 0 Å². The van der Waals surface area contributed by atoms with Gasteiger partial charge >= 0.3 is 6.03 Å². The zero-order chi connectivity index (χ0) is 16.1. The molecule has 4 nitrogen and oxygen atoms in total. The van der Waals surface area contributed by atoms with E-state index in [9.17, 15) is 9.90 Å². The zero-order valence-corrected chi connectivity index (χ0v) is 14.4. The predicted molar refractivity (Wildman–Crippen MR) is 91.2 cm³/mol. The van der Waals surface area contributed by atoms with E-state index in [0.29, 0.717) is 11.8 Å². The Hall–Kier alpha value is -1.20. The molecule has 5 heteroatoms. The molecule has 0 bridgehead atoms. The van der Waals surface area contributed by atoms with Crippen LogP contribution in [0.4, 0.5) is 4.79 Å². The van der Waals surface area contributed by atoms with Crippen LogP contribution in [0.2, 0.25) is 0 Å². The minimum Gasteiger partial charge on any atom is -0.391 e. The number of nitrogens with one attached hydrogen (secondary N) is 1. The van der Waals surface area contributed by atoms with Crippen LogP contribution in [0.25, 0.3) is 0 Å². The molecule has 2 amide bonds. The number of thioether (sulfide) groups is 1. The third kappa shape index (κ3) is 4.92. The van der Waals surface area contributed by atoms with Crippen LogP contribution in [0, 0.1) is 0 Å². The van der Waals surface area contributed by atoms with Crippen molar-refractivity contribution >= 4 is 17.8 Å². The summed E-state index contributed by atoms with van der Waals surface area (Å²) in [6, 6.07) is 8.22. The minimum absolute atomic E-state index is 0.0373. The molecule has 2 N–H and O–H groups in total. The first-order valence-corrected chi connectivity index (χ1v) is 8.84. The molecule has 0 aliphatic carbocycles. The first-order chi connectivity index (χ1) is 10.5. The zero-order valence-electron chi connectivity index (χ0n) is 13.6. The number of nitrogens with zero attached hydrogens (tertiary/aromatic N) is 1. The Labute approximate surface area is 137 Å². The van der Waals surface area contributed by atoms with Gasteiger partial charge in [0.2, 0.25) is 0 Å². The van der Waals surface area contributed by atoms with Crippen LogP contribution < -0.4 is 5.32 Å². The molecular formula is C17H26N2O2S. The molecule has 0 aromatic heterocycles. The third-order valence-electron chi connectivity index (χ3n) is 3.78. The van der Waals surface area contributed by atoms with E-state index in [1.54, 1.807) is 4.90 Å². The van der Waals surface area contributed by atoms with Gasteiger partial charge in [-0.3, -0.25) is 0 Å². The summed E-state index contributed by atoms with van der Waals surface area (Å²) in [6.45, 7) is 7.49. The smallest absolute Gasteiger partial charge is 0.317 e. The number of hydrogen-bond acceptors (Lipinski definition) is 3. The number of likely N-dealkylation sites (tertiary alicyclic amines) is 1. The summed E-state index contributed by atoms with van der Waals surface area (Å²) in [6.07, 6.45) is 1.26. The van der Waals surface area contributed by atoms with Gasteiger partial charge in [0.25, 0.3) is 0 Å². The summed E-state index contributed by atoms with van der Waals surface area (Å²) >= 11 is 1.83. The highest BCUT2D eigenvalue weighted by atomic mass is 32.2. The van der Waals surface area contributed by atoms with E-state index in [-0.39, 0.29) is 18.2 Å². The van der Waals surface area contributed by atoms with Gasteiger partial charge in [0.15, 0.2) is 0 Å². The second kappa shape index (κ2) is 7.88. The van der Waals surface area contributed by atoms with E-state index >= 15 is 0 Å². The molecule has 1 saturated heterocycles. The molecule has 0 radical (unpaired) electrons. The molecule has 1 aliphatic heterocycles. The van der Waals surface area contributed by atoms with Crippen molar-refractivity contribution in [2.75, 3.05) is 13.1 Å². The monoisotopic (exact) mass is 322 g/mol. The quantitative estimate of drug-likeness (QED) is 0.835. The fraction of sp³-hybridized carbons (Fsp3) is 0.588. The maximum absolute atomic E-state index is 12.2. The highest BCUT2D eigenvalue weighted by Gasteiger charge is 2.23. The number of β-amino-alcohol motifs (C(OH)–C–C–N with tert-alkyl or cyclic N) is 1. The van der Waals surface area contributed by atoms with Crippen LogP contribution in [0.15, 0.2) is 29.2 Å². The van der Waals surface area contributed by atoms with E-state index in [1.807, 2.05) is 18.7 Å². The molecule has 0 unspecified atom stereocenters. The Morgan fingerprint density at radius 2 is 2.00 bits per heavy atom. The fourth-order valence-electron chi connectivity index (χ4n) is 2.61. The van der Waals surface area contributed by atoms with Crippen molar-refractivity contribution in [1.82, 2.24) is 10.2 Å². The number of piperidine rings is 1. The largest absolute Gasteiger partial charge is 0.391 e. The Kier molecular flexibility index (Phi) is 6.15. The standard InChI is InChI=1S/C17H26N2O2S/c1-12(2)22-16-8-6-14(7-9-16)13(3)18-17(21)19-10-4-5-15(20)11-19/h6-9,12-13,15,20H,4-5,10-11H2,1-3H3,(H,18,21)/t13-,15+/m1/s1. The molecule has 1 aromatic rings. The van der Waals surface area contributed by atoms with E-state index in [4.69, 9.17) is 0 Å². The predicted octanol–water partition coefficient (Wildman–Crippen LogP) is 3.41. The van der Waals surface area contributed by atoms with Gasteiger partial charge in [-0.05, 0) is 37.5 Å². The number of benzene rings is 1. The van der Waals surface area contributed by atoms with Gasteiger partial charge in [-0.1, -0.05) is 26.0 Å². The molecule has 2 rings (SSSR count). The average molecular weight is 322 g/mol. The lowest BCUT2D eigenvalue weighted by Gasteiger charge is -2.31. The van der Waals surface area contributed by atoms with E-state index in [2.05, 4.69) is 43.4 Å². The lowest BCUT2D eigenvalue weighted by Crippen LogP contribution is -2.47. The Balaban J connectivity index is 1.90. The number of amides is 2. The first-order valence-electron chi connectivity index (χ1n) is 7.96. The SMILES string of the molecule is CC(C)Sc1ccc([C@@H](C)NC(=O)N2CCC[C@H](O)C2)cc1. The molecular weight excluding hydrogens is 296 g/mol. The molecule has 2 atom stereocenters. The van der Waals surface area contributed by atoms with Gasteiger partial charge < -0.3 is 15.3 Å². The highest BCUT2D eigenvalue weighted by molar-refractivity contribution is 7.99. The maximum Gasteiger partial charge on any atom is 0.317 e. The molecule has 22 heavy (non-hydrogen) atoms. The summed E-state index contributed by atoms with van der Waals surface area (Å²) in [7, 11) is 0. The van der Waals surface area contributed by atoms with Gasteiger partial charge in [0.05, 0.1) is 12.1 Å². The van der Waals surface area contributed by atoms with Crippen molar-refractivity contribution < 1.29 is 9.90 Å². The number of urea groups is 1. The average Bonchev–Trinajstić information content (AvgIpc) is 2.47. The van der Waals surface area contributed by atoms with Crippen LogP contribution in [0.5, 0.6) is 0 Å². The molecule has 1 aliphatic rings. The van der Waals surface area contributed by atoms with Crippen molar-refractivity contribution in [3.05, 3.63) is 29.8 Å². The van der Waals surface area contributed by atoms with Gasteiger partial charge in [-0.2, -0.15) is 0 Å². The van der Waals surface area contributed by atoms with Crippen LogP contribution in [0.1, 0.15) is 45.2 Å². The molecule has 122 valence electrons. The van der Waals surface area contributed by atoms with Crippen molar-refractivity contribution in [2.24, 2.45) is 0 Å². The second-order valence-corrected chi connectivity index (χ2v) is 7.80. The van der Waals surface area contributed by atoms with Gasteiger partial charge in [-0.15, -0.1) is 11.8 Å². The number of aliphatic hydroxyl groups excluding tert-OH is 1. The van der Waals surface area contributed by atoms with Crippen molar-refractivity contribution in [3.8, 4) is 0 Å². The van der Waals surface area contributed by atoms with Crippen molar-refractivity contribution in [3.63, 3.8) is 0 Å². The second-order valence-electron chi connectivity index (χ2n) is 6.15. The number of rotatable bonds is 4. The van der Waals surface area contributed by atoms with Gasteiger partial charge in [-0.25, -0.2) is 4.79 Å². The van der Waals surface area contributed by atoms with Gasteiger partial charge in [0.1, 0.15) is 0 Å². The summed E-state index contributed by atoms with van der Waals surface area (Å²) < 4.78 is 0. The fourth-order valence-corrected chi connectivity index (χ4v) is 3.44. The Bertz CT molecular complexity index is 490. The topological polar surface area (TPSA) is 52.6 Å². The van der Waals surface area contributed by atoms with Crippen LogP contribution >= 0.6 is 11.8 Å². The van der Waals surface area contributed by atoms with Crippen molar-refractivity contribution in [1.29, 1.82) is 0 Å². The van der Waals surface area contributed by atoms with Crippen molar-refractivity contribution in [2.45, 2.75) is 55.9 Å². The summed E-state index contributed by atoms with van der Waals surface area (Å²) in [5, 5.41) is 13.2. The van der Waals surface area contributed by atoms with E-state index in [0.717, 1.165) is 24.9 Å². The Morgan fingerprint density at radius 3 is 2.59 bits per heavy atom. The minimum atomic E-state index is -0.387. The van der Waals surface area contributed by atoms with E-state index in [1.165, 1.54) is 4.90 Å². The molecule has 1 heterocycles.